The standard InChI is InChI=1S/C13H14N2O2.C11H10N2O2.C7H10O4.C6H8N2.CH4O.2CH4/c1-3-17-13(16)12-9-10(2)14-15(12)11-7-5-4-6-8-11;1-8-7-10(11(14)15)13(12-8)9-5-3-2-4-6-9;1-3-11-7(10)6(9)4-5(2)8;7-8-6-4-2-1-3-5-6;1-2;;/h4-9H,3H2,1-2H3;2-7H,1H3,(H,14,15);3-4H2,1-2H3;1-5,8H,7H2;2H,1H3;2*1H4. The number of hydrazine groups is 1. The summed E-state index contributed by atoms with van der Waals surface area (Å²) in [5.41, 5.74) is 7.18. The summed E-state index contributed by atoms with van der Waals surface area (Å²) in [5, 5.41) is 24.4. The number of nitrogen functional groups attached to an aromatic ring is 1. The van der Waals surface area contributed by atoms with Gasteiger partial charge in [-0.15, -0.1) is 0 Å². The summed E-state index contributed by atoms with van der Waals surface area (Å²) in [4.78, 5) is 54.3. The van der Waals surface area contributed by atoms with Crippen LogP contribution in [0.3, 0.4) is 0 Å². The molecular formula is C40H54N6O9. The molecule has 2 aromatic heterocycles. The number of rotatable bonds is 10. The summed E-state index contributed by atoms with van der Waals surface area (Å²) < 4.78 is 12.4. The highest BCUT2D eigenvalue weighted by Crippen LogP contribution is 2.14. The quantitative estimate of drug-likeness (QED) is 0.0411. The van der Waals surface area contributed by atoms with Gasteiger partial charge < -0.3 is 25.1 Å². The number of nitrogens with one attached hydrogen (secondary N) is 1. The minimum atomic E-state index is -0.973. The Morgan fingerprint density at radius 3 is 1.45 bits per heavy atom. The number of benzene rings is 3. The van der Waals surface area contributed by atoms with E-state index < -0.39 is 17.7 Å². The van der Waals surface area contributed by atoms with Crippen LogP contribution in [0.2, 0.25) is 0 Å². The Hall–Kier alpha value is -6.45. The van der Waals surface area contributed by atoms with Crippen molar-refractivity contribution in [2.75, 3.05) is 25.7 Å². The van der Waals surface area contributed by atoms with E-state index >= 15 is 0 Å². The van der Waals surface area contributed by atoms with Gasteiger partial charge in [-0.1, -0.05) is 69.5 Å². The fourth-order valence-electron chi connectivity index (χ4n) is 4.08. The van der Waals surface area contributed by atoms with Gasteiger partial charge in [0.05, 0.1) is 42.4 Å². The van der Waals surface area contributed by atoms with Gasteiger partial charge in [-0.2, -0.15) is 10.2 Å². The lowest BCUT2D eigenvalue weighted by molar-refractivity contribution is -0.154. The van der Waals surface area contributed by atoms with E-state index in [0.717, 1.165) is 29.9 Å². The van der Waals surface area contributed by atoms with E-state index in [0.29, 0.717) is 18.0 Å². The average Bonchev–Trinajstić information content (AvgIpc) is 3.77. The molecule has 0 radical (unpaired) electrons. The number of carboxylic acid groups (broad SMARTS) is 1. The SMILES string of the molecule is C.C.CCOC(=O)C(=O)CC(C)=O.CCOC(=O)c1cc(C)nn1-c1ccccc1.CO.Cc1cc(C(=O)O)n(-c2ccccc2)n1.NNc1ccccc1. The Balaban J connectivity index is 0. The number of carboxylic acids is 1. The normalized spacial score (nSPS) is 9.09. The van der Waals surface area contributed by atoms with Crippen LogP contribution in [0.5, 0.6) is 0 Å². The van der Waals surface area contributed by atoms with Crippen molar-refractivity contribution in [3.8, 4) is 11.4 Å². The lowest BCUT2D eigenvalue weighted by Gasteiger charge is -2.06. The third-order valence-corrected chi connectivity index (χ3v) is 6.22. The van der Waals surface area contributed by atoms with Crippen LogP contribution in [-0.2, 0) is 23.9 Å². The Morgan fingerprint density at radius 1 is 0.691 bits per heavy atom. The molecule has 298 valence electrons. The molecule has 15 heteroatoms. The molecule has 5 N–H and O–H groups in total. The summed E-state index contributed by atoms with van der Waals surface area (Å²) >= 11 is 0. The van der Waals surface area contributed by atoms with Crippen LogP contribution in [0.15, 0.2) is 103 Å². The maximum Gasteiger partial charge on any atom is 0.375 e. The van der Waals surface area contributed by atoms with Crippen molar-refractivity contribution in [1.29, 1.82) is 0 Å². The molecule has 5 aromatic rings. The fourth-order valence-corrected chi connectivity index (χ4v) is 4.08. The van der Waals surface area contributed by atoms with E-state index in [1.54, 1.807) is 37.6 Å². The van der Waals surface area contributed by atoms with E-state index in [4.69, 9.17) is 20.8 Å². The van der Waals surface area contributed by atoms with Gasteiger partial charge in [0.25, 0.3) is 0 Å². The van der Waals surface area contributed by atoms with Crippen molar-refractivity contribution in [2.24, 2.45) is 5.84 Å². The first kappa shape index (κ1) is 50.7. The monoisotopic (exact) mass is 762 g/mol. The van der Waals surface area contributed by atoms with Gasteiger partial charge >= 0.3 is 17.9 Å². The number of hydrogen-bond acceptors (Lipinski definition) is 12. The molecular weight excluding hydrogens is 708 g/mol. The van der Waals surface area contributed by atoms with Crippen LogP contribution in [0.1, 0.15) is 74.4 Å². The first-order valence-electron chi connectivity index (χ1n) is 16.2. The second-order valence-corrected chi connectivity index (χ2v) is 10.4. The molecule has 0 aliphatic heterocycles. The number of carbonyl (C=O) groups excluding carboxylic acids is 4. The van der Waals surface area contributed by atoms with Crippen molar-refractivity contribution in [3.63, 3.8) is 0 Å². The van der Waals surface area contributed by atoms with Crippen molar-refractivity contribution >= 4 is 35.2 Å². The van der Waals surface area contributed by atoms with E-state index in [-0.39, 0.29) is 45.3 Å². The van der Waals surface area contributed by atoms with Crippen LogP contribution < -0.4 is 11.3 Å². The molecule has 0 fully saturated rings. The van der Waals surface area contributed by atoms with Crippen LogP contribution in [0.4, 0.5) is 5.69 Å². The number of hydrogen-bond donors (Lipinski definition) is 4. The van der Waals surface area contributed by atoms with Crippen LogP contribution in [0.25, 0.3) is 11.4 Å². The summed E-state index contributed by atoms with van der Waals surface area (Å²) in [6, 6.07) is 31.6. The van der Waals surface area contributed by atoms with E-state index in [9.17, 15) is 24.0 Å². The van der Waals surface area contributed by atoms with Crippen LogP contribution in [0, 0.1) is 13.8 Å². The number of nitrogens with zero attached hydrogens (tertiary/aromatic N) is 4. The first-order valence-corrected chi connectivity index (χ1v) is 16.2. The smallest absolute Gasteiger partial charge is 0.375 e. The van der Waals surface area contributed by atoms with Gasteiger partial charge in [0, 0.05) is 12.8 Å². The largest absolute Gasteiger partial charge is 0.477 e. The lowest BCUT2D eigenvalue weighted by Crippen LogP contribution is -2.19. The van der Waals surface area contributed by atoms with E-state index in [1.165, 1.54) is 11.6 Å². The topological polar surface area (TPSA) is 218 Å². The first-order chi connectivity index (χ1) is 25.4. The molecule has 0 aliphatic carbocycles. The molecule has 0 bridgehead atoms. The molecule has 0 unspecified atom stereocenters. The summed E-state index contributed by atoms with van der Waals surface area (Å²) in [5.74, 6) is 1.74. The molecule has 0 atom stereocenters. The molecule has 5 rings (SSSR count). The van der Waals surface area contributed by atoms with Crippen molar-refractivity contribution in [1.82, 2.24) is 19.6 Å². The van der Waals surface area contributed by atoms with Crippen molar-refractivity contribution in [3.05, 3.63) is 126 Å². The molecule has 15 nitrogen and oxygen atoms in total. The Kier molecular flexibility index (Phi) is 25.9. The van der Waals surface area contributed by atoms with Crippen LogP contribution >= 0.6 is 0 Å². The van der Waals surface area contributed by atoms with Crippen LogP contribution in [-0.4, -0.2) is 79.6 Å². The maximum absolute atomic E-state index is 11.8. The number of nitrogens with two attached hydrogens (primary N) is 1. The highest BCUT2D eigenvalue weighted by molar-refractivity contribution is 6.36. The number of ether oxygens (including phenoxy) is 2. The summed E-state index contributed by atoms with van der Waals surface area (Å²) in [6.07, 6.45) is -0.362. The number of Topliss-reactive ketones (excluding diaryl/α,β-unsaturated/α-hetero) is 2. The lowest BCUT2D eigenvalue weighted by atomic mass is 10.2. The number of aliphatic hydroxyl groups is 1. The van der Waals surface area contributed by atoms with Gasteiger partial charge in [-0.25, -0.2) is 23.7 Å². The minimum absolute atomic E-state index is 0. The number of esters is 2. The number of para-hydroxylation sites is 3. The number of aliphatic hydroxyl groups excluding tert-OH is 1. The molecule has 2 heterocycles. The summed E-state index contributed by atoms with van der Waals surface area (Å²) in [6.45, 7) is 8.76. The van der Waals surface area contributed by atoms with Gasteiger partial charge in [0.2, 0.25) is 5.78 Å². The zero-order valence-corrected chi connectivity index (χ0v) is 30.6. The minimum Gasteiger partial charge on any atom is -0.477 e. The second-order valence-electron chi connectivity index (χ2n) is 10.4. The number of aromatic nitrogens is 4. The van der Waals surface area contributed by atoms with Crippen molar-refractivity contribution in [2.45, 2.75) is 55.9 Å². The Morgan fingerprint density at radius 2 is 1.09 bits per heavy atom. The molecule has 0 saturated carbocycles. The highest BCUT2D eigenvalue weighted by atomic mass is 16.5. The van der Waals surface area contributed by atoms with Gasteiger partial charge in [-0.3, -0.25) is 15.4 Å². The highest BCUT2D eigenvalue weighted by Gasteiger charge is 2.17. The predicted octanol–water partition coefficient (Wildman–Crippen LogP) is 6.19. The maximum atomic E-state index is 11.8. The second kappa shape index (κ2) is 28.1. The Labute approximate surface area is 322 Å². The number of carbonyl (C=O) groups is 5. The zero-order chi connectivity index (χ0) is 39.8. The number of anilines is 1. The predicted molar refractivity (Wildman–Crippen MR) is 212 cm³/mol. The molecule has 0 spiro atoms. The Bertz CT molecular complexity index is 1860. The van der Waals surface area contributed by atoms with E-state index in [2.05, 4.69) is 20.4 Å². The van der Waals surface area contributed by atoms with Gasteiger partial charge in [0.15, 0.2) is 11.4 Å². The number of aromatic carboxylic acids is 1. The third-order valence-electron chi connectivity index (χ3n) is 6.22. The summed E-state index contributed by atoms with van der Waals surface area (Å²) in [7, 11) is 1.00. The van der Waals surface area contributed by atoms with Gasteiger partial charge in [-0.05, 0) is 83.1 Å². The molecule has 0 aliphatic rings. The molecule has 3 aromatic carbocycles. The zero-order valence-electron chi connectivity index (χ0n) is 30.6. The fraction of sp³-hybridized carbons (Fsp3) is 0.275. The molecule has 55 heavy (non-hydrogen) atoms. The van der Waals surface area contributed by atoms with Crippen molar-refractivity contribution < 1.29 is 43.7 Å². The third kappa shape index (κ3) is 18.2. The molecule has 0 saturated heterocycles. The number of aryl methyl sites for hydroxylation is 2. The molecule has 0 amide bonds. The van der Waals surface area contributed by atoms with E-state index in [1.807, 2.05) is 97.9 Å². The number of ketones is 2. The van der Waals surface area contributed by atoms with Gasteiger partial charge in [0.1, 0.15) is 5.78 Å². The average molecular weight is 763 g/mol.